The van der Waals surface area contributed by atoms with Gasteiger partial charge >= 0.3 is 0 Å². The number of aromatic nitrogens is 1. The lowest BCUT2D eigenvalue weighted by Crippen LogP contribution is -2.45. The molecule has 0 bridgehead atoms. The zero-order chi connectivity index (χ0) is 17.0. The SMILES string of the molecule is Cc1cn2c3c(c(N4CCN(C)CC4)c(F)cc3c1=O)OC[C@@H]2C. The predicted molar refractivity (Wildman–Crippen MR) is 92.8 cm³/mol. The Morgan fingerprint density at radius 1 is 1.25 bits per heavy atom. The second-order valence-electron chi connectivity index (χ2n) is 6.93. The number of hydrogen-bond acceptors (Lipinski definition) is 4. The number of pyridine rings is 1. The van der Waals surface area contributed by atoms with E-state index in [9.17, 15) is 9.18 Å². The minimum atomic E-state index is -0.370. The Labute approximate surface area is 140 Å². The molecule has 2 aromatic rings. The first kappa shape index (κ1) is 15.4. The topological polar surface area (TPSA) is 37.7 Å². The second kappa shape index (κ2) is 5.48. The van der Waals surface area contributed by atoms with Crippen LogP contribution in [-0.4, -0.2) is 49.3 Å². The molecule has 0 saturated carbocycles. The highest BCUT2D eigenvalue weighted by atomic mass is 19.1. The molecule has 3 heterocycles. The third-order valence-electron chi connectivity index (χ3n) is 5.14. The largest absolute Gasteiger partial charge is 0.487 e. The van der Waals surface area contributed by atoms with Crippen LogP contribution in [0.3, 0.4) is 0 Å². The van der Waals surface area contributed by atoms with Gasteiger partial charge in [0.15, 0.2) is 17.0 Å². The first-order valence-electron chi connectivity index (χ1n) is 8.41. The molecule has 0 spiro atoms. The summed E-state index contributed by atoms with van der Waals surface area (Å²) in [4.78, 5) is 16.8. The molecule has 24 heavy (non-hydrogen) atoms. The van der Waals surface area contributed by atoms with E-state index in [4.69, 9.17) is 4.74 Å². The Bertz CT molecular complexity index is 869. The molecule has 1 fully saturated rings. The molecule has 4 rings (SSSR count). The van der Waals surface area contributed by atoms with Crippen molar-refractivity contribution in [3.8, 4) is 5.75 Å². The fourth-order valence-corrected chi connectivity index (χ4v) is 3.67. The highest BCUT2D eigenvalue weighted by Crippen LogP contribution is 2.41. The monoisotopic (exact) mass is 331 g/mol. The maximum absolute atomic E-state index is 14.9. The van der Waals surface area contributed by atoms with E-state index in [1.54, 1.807) is 6.92 Å². The van der Waals surface area contributed by atoms with Crippen molar-refractivity contribution in [1.82, 2.24) is 9.47 Å². The van der Waals surface area contributed by atoms with E-state index >= 15 is 0 Å². The first-order chi connectivity index (χ1) is 11.5. The van der Waals surface area contributed by atoms with Gasteiger partial charge in [-0.2, -0.15) is 0 Å². The number of halogens is 1. The van der Waals surface area contributed by atoms with E-state index in [0.717, 1.165) is 31.7 Å². The van der Waals surface area contributed by atoms with Crippen LogP contribution in [0.15, 0.2) is 17.1 Å². The fourth-order valence-electron chi connectivity index (χ4n) is 3.67. The Hall–Kier alpha value is -2.08. The zero-order valence-electron chi connectivity index (χ0n) is 14.3. The summed E-state index contributed by atoms with van der Waals surface area (Å²) in [6.45, 7) is 7.57. The van der Waals surface area contributed by atoms with Crippen LogP contribution in [0.4, 0.5) is 10.1 Å². The molecular formula is C18H22FN3O2. The number of rotatable bonds is 1. The number of likely N-dealkylation sites (N-methyl/N-ethyl adjacent to an activating group) is 1. The quantitative estimate of drug-likeness (QED) is 0.803. The van der Waals surface area contributed by atoms with Crippen LogP contribution < -0.4 is 15.1 Å². The molecule has 2 aliphatic rings. The molecule has 6 heteroatoms. The third kappa shape index (κ3) is 2.20. The molecule has 0 amide bonds. The minimum Gasteiger partial charge on any atom is -0.487 e. The summed E-state index contributed by atoms with van der Waals surface area (Å²) in [5.74, 6) is 0.149. The van der Waals surface area contributed by atoms with Crippen molar-refractivity contribution < 1.29 is 9.13 Å². The average molecular weight is 331 g/mol. The van der Waals surface area contributed by atoms with Gasteiger partial charge in [0.25, 0.3) is 0 Å². The Morgan fingerprint density at radius 2 is 1.96 bits per heavy atom. The van der Waals surface area contributed by atoms with E-state index < -0.39 is 0 Å². The lowest BCUT2D eigenvalue weighted by molar-refractivity contribution is 0.245. The fraction of sp³-hybridized carbons (Fsp3) is 0.500. The summed E-state index contributed by atoms with van der Waals surface area (Å²) in [6.07, 6.45) is 1.87. The van der Waals surface area contributed by atoms with Crippen molar-refractivity contribution in [3.05, 3.63) is 33.9 Å². The van der Waals surface area contributed by atoms with Gasteiger partial charge in [0.2, 0.25) is 0 Å². The van der Waals surface area contributed by atoms with Gasteiger partial charge in [-0.3, -0.25) is 4.79 Å². The lowest BCUT2D eigenvalue weighted by Gasteiger charge is -2.37. The summed E-state index contributed by atoms with van der Waals surface area (Å²) < 4.78 is 22.9. The van der Waals surface area contributed by atoms with Gasteiger partial charge < -0.3 is 19.1 Å². The van der Waals surface area contributed by atoms with Crippen LogP contribution in [0.25, 0.3) is 10.9 Å². The van der Waals surface area contributed by atoms with Crippen molar-refractivity contribution in [3.63, 3.8) is 0 Å². The summed E-state index contributed by atoms with van der Waals surface area (Å²) in [6, 6.07) is 1.50. The number of anilines is 1. The molecule has 128 valence electrons. The number of aryl methyl sites for hydroxylation is 1. The number of piperazine rings is 1. The predicted octanol–water partition coefficient (Wildman–Crippen LogP) is 2.15. The molecule has 0 radical (unpaired) electrons. The molecule has 1 atom stereocenters. The van der Waals surface area contributed by atoms with Gasteiger partial charge in [-0.25, -0.2) is 4.39 Å². The van der Waals surface area contributed by atoms with Crippen molar-refractivity contribution in [2.24, 2.45) is 0 Å². The third-order valence-corrected chi connectivity index (χ3v) is 5.14. The number of benzene rings is 1. The normalized spacial score (nSPS) is 21.2. The number of ether oxygens (including phenoxy) is 1. The van der Waals surface area contributed by atoms with E-state index in [2.05, 4.69) is 16.5 Å². The first-order valence-corrected chi connectivity index (χ1v) is 8.41. The smallest absolute Gasteiger partial charge is 0.192 e. The standard InChI is InChI=1S/C18H22FN3O2/c1-11-9-22-12(2)10-24-18-15(22)13(17(11)23)8-14(19)16(18)21-6-4-20(3)5-7-21/h8-9,12H,4-7,10H2,1-3H3/t12-/m0/s1. The van der Waals surface area contributed by atoms with Crippen molar-refractivity contribution >= 4 is 16.6 Å². The molecule has 0 aliphatic carbocycles. The van der Waals surface area contributed by atoms with Gasteiger partial charge in [0, 0.05) is 37.9 Å². The molecule has 1 aromatic heterocycles. The highest BCUT2D eigenvalue weighted by Gasteiger charge is 2.29. The van der Waals surface area contributed by atoms with Crippen molar-refractivity contribution in [1.29, 1.82) is 0 Å². The van der Waals surface area contributed by atoms with Gasteiger partial charge in [-0.05, 0) is 27.0 Å². The Morgan fingerprint density at radius 3 is 2.67 bits per heavy atom. The second-order valence-corrected chi connectivity index (χ2v) is 6.93. The maximum atomic E-state index is 14.9. The van der Waals surface area contributed by atoms with Crippen LogP contribution in [0.2, 0.25) is 0 Å². The minimum absolute atomic E-state index is 0.116. The van der Waals surface area contributed by atoms with Crippen LogP contribution in [0.5, 0.6) is 5.75 Å². The number of hydrogen-bond donors (Lipinski definition) is 0. The van der Waals surface area contributed by atoms with E-state index in [0.29, 0.717) is 29.0 Å². The average Bonchev–Trinajstić information content (AvgIpc) is 2.56. The van der Waals surface area contributed by atoms with E-state index in [1.807, 2.05) is 18.0 Å². The van der Waals surface area contributed by atoms with Gasteiger partial charge in [0.05, 0.1) is 16.9 Å². The van der Waals surface area contributed by atoms with E-state index in [1.165, 1.54) is 6.07 Å². The van der Waals surface area contributed by atoms with Crippen LogP contribution in [-0.2, 0) is 0 Å². The van der Waals surface area contributed by atoms with Crippen LogP contribution >= 0.6 is 0 Å². The van der Waals surface area contributed by atoms with Gasteiger partial charge in [-0.1, -0.05) is 0 Å². The molecule has 0 N–H and O–H groups in total. The lowest BCUT2D eigenvalue weighted by atomic mass is 10.1. The Kier molecular flexibility index (Phi) is 3.53. The Balaban J connectivity index is 1.99. The summed E-state index contributed by atoms with van der Waals surface area (Å²) >= 11 is 0. The van der Waals surface area contributed by atoms with Crippen molar-refractivity contribution in [2.75, 3.05) is 44.7 Å². The summed E-state index contributed by atoms with van der Waals surface area (Å²) in [5, 5.41) is 0.409. The zero-order valence-corrected chi connectivity index (χ0v) is 14.3. The van der Waals surface area contributed by atoms with E-state index in [-0.39, 0.29) is 17.3 Å². The van der Waals surface area contributed by atoms with Gasteiger partial charge in [-0.15, -0.1) is 0 Å². The molecule has 2 aliphatic heterocycles. The van der Waals surface area contributed by atoms with Crippen molar-refractivity contribution in [2.45, 2.75) is 19.9 Å². The molecular weight excluding hydrogens is 309 g/mol. The number of nitrogens with zero attached hydrogens (tertiary/aromatic N) is 3. The van der Waals surface area contributed by atoms with Gasteiger partial charge in [0.1, 0.15) is 12.3 Å². The molecule has 1 saturated heterocycles. The maximum Gasteiger partial charge on any atom is 0.192 e. The highest BCUT2D eigenvalue weighted by molar-refractivity contribution is 5.92. The van der Waals surface area contributed by atoms with Crippen LogP contribution in [0, 0.1) is 12.7 Å². The molecule has 1 aromatic carbocycles. The molecule has 0 unspecified atom stereocenters. The summed E-state index contributed by atoms with van der Waals surface area (Å²) in [5.41, 5.74) is 1.73. The summed E-state index contributed by atoms with van der Waals surface area (Å²) in [7, 11) is 2.07. The molecule has 5 nitrogen and oxygen atoms in total. The van der Waals surface area contributed by atoms with Crippen LogP contribution in [0.1, 0.15) is 18.5 Å².